The first-order valence-electron chi connectivity index (χ1n) is 16.9. The number of ether oxygens (including phenoxy) is 1. The van der Waals surface area contributed by atoms with Crippen molar-refractivity contribution in [3.63, 3.8) is 0 Å². The zero-order chi connectivity index (χ0) is 35.0. The number of aryl methyl sites for hydroxylation is 1. The molecule has 3 aliphatic heterocycles. The molecule has 1 saturated heterocycles. The SMILES string of the molecule is Cc1ccc(NN2C(=O)C3CC4C(=CCn5c(=O)n(-c6ccccc6)c(=O)n54)C(C4=COc5ccc(O)cc5C4)C3(c3ccccc3)C2=O)cc1. The summed E-state index contributed by atoms with van der Waals surface area (Å²) < 4.78 is 10.2. The third-order valence-corrected chi connectivity index (χ3v) is 10.8. The Morgan fingerprint density at radius 3 is 2.33 bits per heavy atom. The number of amides is 2. The third kappa shape index (κ3) is 4.43. The predicted molar refractivity (Wildman–Crippen MR) is 188 cm³/mol. The number of aromatic hydroxyl groups is 1. The van der Waals surface area contributed by atoms with Crippen molar-refractivity contribution in [2.75, 3.05) is 5.43 Å². The van der Waals surface area contributed by atoms with E-state index in [4.69, 9.17) is 4.74 Å². The molecule has 0 bridgehead atoms. The lowest BCUT2D eigenvalue weighted by molar-refractivity contribution is -0.138. The molecule has 4 aromatic carbocycles. The van der Waals surface area contributed by atoms with Gasteiger partial charge in [0.2, 0.25) is 0 Å². The highest BCUT2D eigenvalue weighted by Gasteiger charge is 2.69. The van der Waals surface area contributed by atoms with Gasteiger partial charge in [-0.3, -0.25) is 15.0 Å². The largest absolute Gasteiger partial charge is 0.508 e. The van der Waals surface area contributed by atoms with Gasteiger partial charge in [0.1, 0.15) is 11.5 Å². The lowest BCUT2D eigenvalue weighted by Gasteiger charge is -2.49. The van der Waals surface area contributed by atoms with Crippen LogP contribution in [0.15, 0.2) is 136 Å². The molecule has 1 aliphatic carbocycles. The summed E-state index contributed by atoms with van der Waals surface area (Å²) in [5, 5.41) is 11.5. The fourth-order valence-corrected chi connectivity index (χ4v) is 8.62. The summed E-state index contributed by atoms with van der Waals surface area (Å²) in [5.41, 5.74) is 5.55. The molecular weight excluding hydrogens is 646 g/mol. The van der Waals surface area contributed by atoms with Crippen LogP contribution >= 0.6 is 0 Å². The van der Waals surface area contributed by atoms with Crippen LogP contribution < -0.4 is 21.5 Å². The first-order chi connectivity index (χ1) is 24.8. The molecule has 11 heteroatoms. The fourth-order valence-electron chi connectivity index (χ4n) is 8.62. The highest BCUT2D eigenvalue weighted by molar-refractivity contribution is 6.12. The van der Waals surface area contributed by atoms with E-state index < -0.39 is 46.5 Å². The third-order valence-electron chi connectivity index (χ3n) is 10.8. The first-order valence-corrected chi connectivity index (χ1v) is 16.9. The molecule has 0 radical (unpaired) electrons. The number of fused-ring (bicyclic) bond motifs is 5. The second-order valence-corrected chi connectivity index (χ2v) is 13.6. The van der Waals surface area contributed by atoms with Crippen LogP contribution in [0.1, 0.15) is 29.2 Å². The molecule has 4 unspecified atom stereocenters. The van der Waals surface area contributed by atoms with Gasteiger partial charge in [0.15, 0.2) is 0 Å². The number of phenols is 1. The van der Waals surface area contributed by atoms with E-state index in [1.54, 1.807) is 48.7 Å². The number of allylic oxidation sites excluding steroid dienone is 3. The van der Waals surface area contributed by atoms with Crippen molar-refractivity contribution in [2.45, 2.75) is 37.8 Å². The number of aromatic nitrogens is 3. The average Bonchev–Trinajstić information content (AvgIpc) is 3.53. The van der Waals surface area contributed by atoms with Crippen molar-refractivity contribution in [1.29, 1.82) is 0 Å². The maximum absolute atomic E-state index is 15.3. The van der Waals surface area contributed by atoms with Crippen molar-refractivity contribution in [1.82, 2.24) is 18.9 Å². The van der Waals surface area contributed by atoms with E-state index in [0.29, 0.717) is 34.7 Å². The van der Waals surface area contributed by atoms with Crippen LogP contribution in [0.25, 0.3) is 5.69 Å². The Balaban J connectivity index is 1.27. The number of phenolic OH excluding ortho intramolecular Hbond substituents is 1. The molecule has 1 aromatic heterocycles. The summed E-state index contributed by atoms with van der Waals surface area (Å²) in [5.74, 6) is -1.89. The summed E-state index contributed by atoms with van der Waals surface area (Å²) in [4.78, 5) is 58.3. The molecule has 2 N–H and O–H groups in total. The van der Waals surface area contributed by atoms with Gasteiger partial charge in [-0.2, -0.15) is 5.01 Å². The lowest BCUT2D eigenvalue weighted by Crippen LogP contribution is -2.55. The number of nitrogens with zero attached hydrogens (tertiary/aromatic N) is 4. The number of rotatable bonds is 5. The monoisotopic (exact) mass is 679 g/mol. The zero-order valence-corrected chi connectivity index (χ0v) is 27.6. The topological polar surface area (TPSA) is 128 Å². The lowest BCUT2D eigenvalue weighted by atomic mass is 9.52. The fraction of sp³-hybridized carbons (Fsp3) is 0.200. The molecule has 4 aliphatic rings. The maximum Gasteiger partial charge on any atom is 0.352 e. The van der Waals surface area contributed by atoms with Crippen LogP contribution in [-0.4, -0.2) is 35.9 Å². The van der Waals surface area contributed by atoms with Crippen LogP contribution in [0.3, 0.4) is 0 Å². The Labute approximate surface area is 291 Å². The standard InChI is InChI=1S/C40H33N5O6/c1-24-12-14-28(15-13-24)41-44-36(47)32-22-33-31(18-19-42-38(49)43(39(50)45(33)42)29-10-6-3-7-11-29)35(40(32,37(44)48)27-8-4-2-5-9-27)26-20-25-21-30(46)16-17-34(25)51-23-26/h2-18,21,23,32-33,35,41,46H,19-20,22H2,1H3. The Morgan fingerprint density at radius 1 is 0.863 bits per heavy atom. The molecule has 11 nitrogen and oxygen atoms in total. The van der Waals surface area contributed by atoms with Crippen molar-refractivity contribution in [3.8, 4) is 17.2 Å². The van der Waals surface area contributed by atoms with E-state index in [2.05, 4.69) is 5.43 Å². The molecule has 51 heavy (non-hydrogen) atoms. The van der Waals surface area contributed by atoms with Gasteiger partial charge in [-0.1, -0.05) is 72.3 Å². The first kappa shape index (κ1) is 30.7. The molecule has 0 spiro atoms. The summed E-state index contributed by atoms with van der Waals surface area (Å²) in [6.07, 6.45) is 3.98. The number of anilines is 1. The molecule has 5 aromatic rings. The van der Waals surface area contributed by atoms with Crippen LogP contribution in [0.5, 0.6) is 11.5 Å². The normalized spacial score (nSPS) is 23.3. The number of hydrogen-bond donors (Lipinski definition) is 2. The molecule has 1 saturated carbocycles. The van der Waals surface area contributed by atoms with E-state index in [1.165, 1.54) is 9.36 Å². The summed E-state index contributed by atoms with van der Waals surface area (Å²) in [6.45, 7) is 2.05. The summed E-state index contributed by atoms with van der Waals surface area (Å²) >= 11 is 0. The van der Waals surface area contributed by atoms with Crippen molar-refractivity contribution < 1.29 is 19.4 Å². The molecule has 4 heterocycles. The molecule has 2 amide bonds. The van der Waals surface area contributed by atoms with Gasteiger partial charge in [-0.05, 0) is 72.5 Å². The predicted octanol–water partition coefficient (Wildman–Crippen LogP) is 4.78. The number of imide groups is 1. The van der Waals surface area contributed by atoms with E-state index in [-0.39, 0.29) is 18.7 Å². The van der Waals surface area contributed by atoms with Crippen LogP contribution in [0.4, 0.5) is 5.69 Å². The highest BCUT2D eigenvalue weighted by atomic mass is 16.5. The van der Waals surface area contributed by atoms with Gasteiger partial charge < -0.3 is 9.84 Å². The van der Waals surface area contributed by atoms with Crippen LogP contribution in [0, 0.1) is 18.8 Å². The highest BCUT2D eigenvalue weighted by Crippen LogP contribution is 2.61. The number of benzene rings is 4. The van der Waals surface area contributed by atoms with E-state index >= 15 is 4.79 Å². The van der Waals surface area contributed by atoms with E-state index in [1.807, 2.05) is 73.7 Å². The van der Waals surface area contributed by atoms with Gasteiger partial charge in [0.05, 0.1) is 41.6 Å². The number of hydrazine groups is 1. The van der Waals surface area contributed by atoms with Crippen LogP contribution in [0.2, 0.25) is 0 Å². The number of hydrogen-bond acceptors (Lipinski definition) is 7. The molecule has 2 fully saturated rings. The minimum atomic E-state index is -1.43. The minimum Gasteiger partial charge on any atom is -0.508 e. The summed E-state index contributed by atoms with van der Waals surface area (Å²) in [6, 6.07) is 29.7. The van der Waals surface area contributed by atoms with Crippen LogP contribution in [-0.2, 0) is 28.0 Å². The maximum atomic E-state index is 15.3. The van der Waals surface area contributed by atoms with E-state index in [9.17, 15) is 19.5 Å². The average molecular weight is 680 g/mol. The zero-order valence-electron chi connectivity index (χ0n) is 27.6. The smallest absolute Gasteiger partial charge is 0.352 e. The van der Waals surface area contributed by atoms with Gasteiger partial charge >= 0.3 is 11.4 Å². The van der Waals surface area contributed by atoms with Gasteiger partial charge in [-0.25, -0.2) is 23.5 Å². The van der Waals surface area contributed by atoms with Gasteiger partial charge in [-0.15, -0.1) is 0 Å². The van der Waals surface area contributed by atoms with Gasteiger partial charge in [0, 0.05) is 17.9 Å². The van der Waals surface area contributed by atoms with Crippen molar-refractivity contribution in [3.05, 3.63) is 164 Å². The quantitative estimate of drug-likeness (QED) is 0.202. The second kappa shape index (κ2) is 11.3. The molecular formula is C40H33N5O6. The second-order valence-electron chi connectivity index (χ2n) is 13.6. The van der Waals surface area contributed by atoms with Gasteiger partial charge in [0.25, 0.3) is 11.8 Å². The van der Waals surface area contributed by atoms with Crippen molar-refractivity contribution in [2.24, 2.45) is 11.8 Å². The van der Waals surface area contributed by atoms with Crippen molar-refractivity contribution >= 4 is 17.5 Å². The number of carbonyl (C=O) groups excluding carboxylic acids is 2. The number of nitrogens with one attached hydrogen (secondary N) is 1. The Bertz CT molecular complexity index is 2430. The number of carbonyl (C=O) groups is 2. The molecule has 4 atom stereocenters. The Hall–Kier alpha value is -6.36. The number of para-hydroxylation sites is 1. The summed E-state index contributed by atoms with van der Waals surface area (Å²) in [7, 11) is 0. The van der Waals surface area contributed by atoms with E-state index in [0.717, 1.165) is 26.3 Å². The Morgan fingerprint density at radius 2 is 1.59 bits per heavy atom. The molecule has 254 valence electrons. The molecule has 9 rings (SSSR count). The minimum absolute atomic E-state index is 0.0751. The Kier molecular flexibility index (Phi) is 6.82.